The van der Waals surface area contributed by atoms with Crippen molar-refractivity contribution in [1.29, 1.82) is 0 Å². The number of aryl methyl sites for hydroxylation is 1. The van der Waals surface area contributed by atoms with Crippen LogP contribution in [-0.4, -0.2) is 7.11 Å². The minimum Gasteiger partial charge on any atom is -0.497 e. The molecule has 0 aliphatic rings. The van der Waals surface area contributed by atoms with Crippen molar-refractivity contribution in [1.82, 2.24) is 0 Å². The topological polar surface area (TPSA) is 21.3 Å². The Kier molecular flexibility index (Phi) is 4.40. The SMILES string of the molecule is COc1cccc(CNc2ccc(C)c(C(F)(F)F)c2)c1. The number of benzene rings is 2. The van der Waals surface area contributed by atoms with Crippen LogP contribution in [0.25, 0.3) is 0 Å². The Morgan fingerprint density at radius 1 is 1.10 bits per heavy atom. The Morgan fingerprint density at radius 2 is 1.86 bits per heavy atom. The van der Waals surface area contributed by atoms with Gasteiger partial charge >= 0.3 is 6.18 Å². The van der Waals surface area contributed by atoms with E-state index >= 15 is 0 Å². The van der Waals surface area contributed by atoms with Gasteiger partial charge in [0.05, 0.1) is 12.7 Å². The molecule has 0 aliphatic carbocycles. The number of rotatable bonds is 4. The van der Waals surface area contributed by atoms with Crippen LogP contribution in [0.3, 0.4) is 0 Å². The van der Waals surface area contributed by atoms with Crippen molar-refractivity contribution in [3.63, 3.8) is 0 Å². The average molecular weight is 295 g/mol. The molecule has 0 radical (unpaired) electrons. The van der Waals surface area contributed by atoms with Crippen LogP contribution in [0.15, 0.2) is 42.5 Å². The number of anilines is 1. The van der Waals surface area contributed by atoms with Gasteiger partial charge in [0.2, 0.25) is 0 Å². The fraction of sp³-hybridized carbons (Fsp3) is 0.250. The van der Waals surface area contributed by atoms with Crippen LogP contribution in [0.2, 0.25) is 0 Å². The monoisotopic (exact) mass is 295 g/mol. The van der Waals surface area contributed by atoms with Crippen molar-refractivity contribution in [3.05, 3.63) is 59.2 Å². The van der Waals surface area contributed by atoms with Crippen molar-refractivity contribution < 1.29 is 17.9 Å². The molecule has 2 aromatic carbocycles. The van der Waals surface area contributed by atoms with Crippen molar-refractivity contribution >= 4 is 5.69 Å². The van der Waals surface area contributed by atoms with E-state index in [0.717, 1.165) is 11.6 Å². The molecule has 0 aliphatic heterocycles. The lowest BCUT2D eigenvalue weighted by molar-refractivity contribution is -0.138. The van der Waals surface area contributed by atoms with Crippen LogP contribution >= 0.6 is 0 Å². The Labute approximate surface area is 121 Å². The highest BCUT2D eigenvalue weighted by atomic mass is 19.4. The zero-order valence-electron chi connectivity index (χ0n) is 11.8. The summed E-state index contributed by atoms with van der Waals surface area (Å²) in [6, 6.07) is 11.6. The van der Waals surface area contributed by atoms with Crippen molar-refractivity contribution in [3.8, 4) is 5.75 Å². The molecule has 112 valence electrons. The van der Waals surface area contributed by atoms with E-state index in [1.54, 1.807) is 13.2 Å². The summed E-state index contributed by atoms with van der Waals surface area (Å²) < 4.78 is 43.6. The highest BCUT2D eigenvalue weighted by Gasteiger charge is 2.32. The molecule has 2 nitrogen and oxygen atoms in total. The second kappa shape index (κ2) is 6.08. The van der Waals surface area contributed by atoms with Crippen LogP contribution in [0, 0.1) is 6.92 Å². The number of nitrogens with one attached hydrogen (secondary N) is 1. The lowest BCUT2D eigenvalue weighted by atomic mass is 10.1. The van der Waals surface area contributed by atoms with Crippen LogP contribution < -0.4 is 10.1 Å². The van der Waals surface area contributed by atoms with Gasteiger partial charge in [-0.2, -0.15) is 13.2 Å². The van der Waals surface area contributed by atoms with E-state index in [0.29, 0.717) is 18.0 Å². The first kappa shape index (κ1) is 15.2. The molecule has 0 heterocycles. The largest absolute Gasteiger partial charge is 0.497 e. The van der Waals surface area contributed by atoms with Gasteiger partial charge in [0, 0.05) is 12.2 Å². The predicted molar refractivity (Wildman–Crippen MR) is 76.5 cm³/mol. The van der Waals surface area contributed by atoms with Gasteiger partial charge in [0.15, 0.2) is 0 Å². The predicted octanol–water partition coefficient (Wildman–Crippen LogP) is 4.63. The number of hydrogen-bond donors (Lipinski definition) is 1. The minimum absolute atomic E-state index is 0.217. The van der Waals surface area contributed by atoms with E-state index in [9.17, 15) is 13.2 Å². The lowest BCUT2D eigenvalue weighted by Crippen LogP contribution is -2.09. The smallest absolute Gasteiger partial charge is 0.416 e. The Balaban J connectivity index is 2.13. The molecule has 0 saturated heterocycles. The molecule has 1 N–H and O–H groups in total. The summed E-state index contributed by atoms with van der Waals surface area (Å²) in [5.41, 5.74) is 0.979. The van der Waals surface area contributed by atoms with Gasteiger partial charge in [0.25, 0.3) is 0 Å². The summed E-state index contributed by atoms with van der Waals surface area (Å²) in [6.07, 6.45) is -4.34. The maximum absolute atomic E-state index is 12.8. The molecule has 0 amide bonds. The van der Waals surface area contributed by atoms with Crippen LogP contribution in [0.1, 0.15) is 16.7 Å². The van der Waals surface area contributed by atoms with E-state index in [1.165, 1.54) is 13.0 Å². The quantitative estimate of drug-likeness (QED) is 0.887. The second-order valence-electron chi connectivity index (χ2n) is 4.73. The molecule has 0 unspecified atom stereocenters. The van der Waals surface area contributed by atoms with E-state index in [1.807, 2.05) is 24.3 Å². The lowest BCUT2D eigenvalue weighted by Gasteiger charge is -2.13. The molecule has 2 aromatic rings. The molecule has 5 heteroatoms. The highest BCUT2D eigenvalue weighted by molar-refractivity contribution is 5.50. The Morgan fingerprint density at radius 3 is 2.52 bits per heavy atom. The zero-order chi connectivity index (χ0) is 15.5. The molecule has 0 saturated carbocycles. The van der Waals surface area contributed by atoms with E-state index in [4.69, 9.17) is 4.74 Å². The molecule has 0 spiro atoms. The van der Waals surface area contributed by atoms with Gasteiger partial charge in [-0.05, 0) is 42.3 Å². The standard InChI is InChI=1S/C16H16F3NO/c1-11-6-7-13(9-15(11)16(17,18)19)20-10-12-4-3-5-14(8-12)21-2/h3-9,20H,10H2,1-2H3. The molecule has 0 atom stereocenters. The first-order valence-electron chi connectivity index (χ1n) is 6.45. The molecule has 0 aromatic heterocycles. The number of hydrogen-bond acceptors (Lipinski definition) is 2. The third-order valence-corrected chi connectivity index (χ3v) is 3.17. The fourth-order valence-corrected chi connectivity index (χ4v) is 2.02. The van der Waals surface area contributed by atoms with Gasteiger partial charge in [-0.1, -0.05) is 18.2 Å². The summed E-state index contributed by atoms with van der Waals surface area (Å²) in [7, 11) is 1.57. The van der Waals surface area contributed by atoms with Gasteiger partial charge in [-0.15, -0.1) is 0 Å². The van der Waals surface area contributed by atoms with E-state index in [2.05, 4.69) is 5.32 Å². The molecule has 21 heavy (non-hydrogen) atoms. The third kappa shape index (κ3) is 3.90. The summed E-state index contributed by atoms with van der Waals surface area (Å²) >= 11 is 0. The van der Waals surface area contributed by atoms with Crippen LogP contribution in [-0.2, 0) is 12.7 Å². The first-order chi connectivity index (χ1) is 9.90. The summed E-state index contributed by atoms with van der Waals surface area (Å²) in [4.78, 5) is 0. The second-order valence-corrected chi connectivity index (χ2v) is 4.73. The number of ether oxygens (including phenoxy) is 1. The van der Waals surface area contributed by atoms with Gasteiger partial charge in [-0.25, -0.2) is 0 Å². The Hall–Kier alpha value is -2.17. The summed E-state index contributed by atoms with van der Waals surface area (Å²) in [6.45, 7) is 1.88. The number of methoxy groups -OCH3 is 1. The zero-order valence-corrected chi connectivity index (χ0v) is 11.8. The van der Waals surface area contributed by atoms with Crippen molar-refractivity contribution in [2.75, 3.05) is 12.4 Å². The summed E-state index contributed by atoms with van der Waals surface area (Å²) in [5, 5.41) is 3.00. The number of alkyl halides is 3. The Bertz CT molecular complexity index is 623. The maximum Gasteiger partial charge on any atom is 0.416 e. The minimum atomic E-state index is -4.34. The fourth-order valence-electron chi connectivity index (χ4n) is 2.02. The van der Waals surface area contributed by atoms with Gasteiger partial charge in [0.1, 0.15) is 5.75 Å². The van der Waals surface area contributed by atoms with Crippen molar-refractivity contribution in [2.24, 2.45) is 0 Å². The molecular formula is C16H16F3NO. The highest BCUT2D eigenvalue weighted by Crippen LogP contribution is 2.33. The maximum atomic E-state index is 12.8. The van der Waals surface area contributed by atoms with E-state index < -0.39 is 11.7 Å². The van der Waals surface area contributed by atoms with Gasteiger partial charge in [-0.3, -0.25) is 0 Å². The van der Waals surface area contributed by atoms with Gasteiger partial charge < -0.3 is 10.1 Å². The molecule has 0 fully saturated rings. The van der Waals surface area contributed by atoms with E-state index in [-0.39, 0.29) is 5.56 Å². The van der Waals surface area contributed by atoms with Crippen LogP contribution in [0.4, 0.5) is 18.9 Å². The normalized spacial score (nSPS) is 11.3. The molecular weight excluding hydrogens is 279 g/mol. The third-order valence-electron chi connectivity index (χ3n) is 3.17. The van der Waals surface area contributed by atoms with Crippen LogP contribution in [0.5, 0.6) is 5.75 Å². The molecule has 0 bridgehead atoms. The first-order valence-corrected chi connectivity index (χ1v) is 6.45. The van der Waals surface area contributed by atoms with Crippen molar-refractivity contribution in [2.45, 2.75) is 19.6 Å². The molecule has 2 rings (SSSR count). The number of halogens is 3. The summed E-state index contributed by atoms with van der Waals surface area (Å²) in [5.74, 6) is 0.717. The average Bonchev–Trinajstić information content (AvgIpc) is 2.45.